The summed E-state index contributed by atoms with van der Waals surface area (Å²) >= 11 is 0. The molecule has 1 atom stereocenters. The molecule has 0 spiro atoms. The van der Waals surface area contributed by atoms with Gasteiger partial charge in [-0.05, 0) is 57.6 Å². The van der Waals surface area contributed by atoms with Crippen LogP contribution in [-0.4, -0.2) is 30.7 Å². The van der Waals surface area contributed by atoms with Crippen LogP contribution in [0.5, 0.6) is 0 Å². The number of hydrogen-bond acceptors (Lipinski definition) is 4. The number of ketones is 1. The van der Waals surface area contributed by atoms with E-state index in [4.69, 9.17) is 14.0 Å². The highest BCUT2D eigenvalue weighted by atomic mass is 16.7. The normalized spacial score (nSPS) is 25.9. The van der Waals surface area contributed by atoms with E-state index in [1.807, 2.05) is 39.8 Å². The molecule has 22 heavy (non-hydrogen) atoms. The highest BCUT2D eigenvalue weighted by Gasteiger charge is 2.51. The summed E-state index contributed by atoms with van der Waals surface area (Å²) in [7, 11) is -0.367. The second-order valence-electron chi connectivity index (χ2n) is 7.16. The molecule has 1 aromatic rings. The SMILES string of the molecule is CC(=O)C1OCCc2cc(B3OC(C)(C)C(C)(C)O3)ccc21. The van der Waals surface area contributed by atoms with Crippen LogP contribution in [0.15, 0.2) is 18.2 Å². The van der Waals surface area contributed by atoms with Gasteiger partial charge in [0.1, 0.15) is 6.10 Å². The molecule has 2 heterocycles. The molecule has 1 saturated heterocycles. The summed E-state index contributed by atoms with van der Waals surface area (Å²) in [6.45, 7) is 10.3. The molecule has 0 aliphatic carbocycles. The van der Waals surface area contributed by atoms with Crippen LogP contribution in [0.1, 0.15) is 51.8 Å². The minimum absolute atomic E-state index is 0.0457. The summed E-state index contributed by atoms with van der Waals surface area (Å²) in [5.41, 5.74) is 2.43. The number of carbonyl (C=O) groups is 1. The average molecular weight is 302 g/mol. The van der Waals surface area contributed by atoms with Gasteiger partial charge in [-0.15, -0.1) is 0 Å². The first kappa shape index (κ1) is 15.7. The zero-order chi connectivity index (χ0) is 16.1. The zero-order valence-corrected chi connectivity index (χ0v) is 13.9. The summed E-state index contributed by atoms with van der Waals surface area (Å²) in [6.07, 6.45) is 0.378. The summed E-state index contributed by atoms with van der Waals surface area (Å²) in [4.78, 5) is 11.7. The molecule has 0 saturated carbocycles. The lowest BCUT2D eigenvalue weighted by atomic mass is 9.76. The minimum atomic E-state index is -0.434. The van der Waals surface area contributed by atoms with Gasteiger partial charge in [-0.25, -0.2) is 0 Å². The summed E-state index contributed by atoms with van der Waals surface area (Å²) < 4.78 is 17.8. The number of carbonyl (C=O) groups excluding carboxylic acids is 1. The van der Waals surface area contributed by atoms with E-state index < -0.39 is 6.10 Å². The van der Waals surface area contributed by atoms with Crippen molar-refractivity contribution in [1.29, 1.82) is 0 Å². The molecule has 1 fully saturated rings. The number of ether oxygens (including phenoxy) is 1. The summed E-state index contributed by atoms with van der Waals surface area (Å²) in [6, 6.07) is 6.04. The van der Waals surface area contributed by atoms with Crippen molar-refractivity contribution >= 4 is 18.4 Å². The van der Waals surface area contributed by atoms with Crippen LogP contribution in [-0.2, 0) is 25.3 Å². The second kappa shape index (κ2) is 5.19. The van der Waals surface area contributed by atoms with Gasteiger partial charge in [0.25, 0.3) is 0 Å². The number of Topliss-reactive ketones (excluding diaryl/α,β-unsaturated/α-hetero) is 1. The van der Waals surface area contributed by atoms with E-state index in [9.17, 15) is 4.79 Å². The van der Waals surface area contributed by atoms with Gasteiger partial charge in [-0.1, -0.05) is 18.2 Å². The third kappa shape index (κ3) is 2.51. The fraction of sp³-hybridized carbons (Fsp3) is 0.588. The van der Waals surface area contributed by atoms with Crippen LogP contribution in [0.4, 0.5) is 0 Å². The molecule has 3 rings (SSSR count). The van der Waals surface area contributed by atoms with Crippen LogP contribution >= 0.6 is 0 Å². The first-order valence-corrected chi connectivity index (χ1v) is 7.82. The van der Waals surface area contributed by atoms with Crippen LogP contribution in [0.3, 0.4) is 0 Å². The molecule has 0 bridgehead atoms. The van der Waals surface area contributed by atoms with Gasteiger partial charge in [0, 0.05) is 0 Å². The molecule has 118 valence electrons. The Kier molecular flexibility index (Phi) is 3.71. The van der Waals surface area contributed by atoms with Crippen molar-refractivity contribution in [1.82, 2.24) is 0 Å². The zero-order valence-electron chi connectivity index (χ0n) is 13.9. The third-order valence-electron chi connectivity index (χ3n) is 5.00. The molecule has 0 aromatic heterocycles. The minimum Gasteiger partial charge on any atom is -0.399 e. The molecule has 5 heteroatoms. The van der Waals surface area contributed by atoms with Crippen molar-refractivity contribution in [2.45, 2.75) is 58.3 Å². The fourth-order valence-electron chi connectivity index (χ4n) is 2.94. The average Bonchev–Trinajstić information content (AvgIpc) is 2.66. The molecule has 1 aromatic carbocycles. The Labute approximate surface area is 132 Å². The van der Waals surface area contributed by atoms with E-state index in [0.717, 1.165) is 23.0 Å². The predicted octanol–water partition coefficient (Wildman–Crippen LogP) is 2.19. The van der Waals surface area contributed by atoms with E-state index in [1.165, 1.54) is 0 Å². The quantitative estimate of drug-likeness (QED) is 0.786. The maximum Gasteiger partial charge on any atom is 0.494 e. The molecule has 2 aliphatic heterocycles. The first-order chi connectivity index (χ1) is 10.2. The van der Waals surface area contributed by atoms with Gasteiger partial charge in [0.15, 0.2) is 5.78 Å². The van der Waals surface area contributed by atoms with Crippen molar-refractivity contribution in [2.24, 2.45) is 0 Å². The topological polar surface area (TPSA) is 44.8 Å². The number of rotatable bonds is 2. The largest absolute Gasteiger partial charge is 0.494 e. The highest BCUT2D eigenvalue weighted by Crippen LogP contribution is 2.37. The molecular formula is C17H23BO4. The molecule has 1 unspecified atom stereocenters. The van der Waals surface area contributed by atoms with E-state index >= 15 is 0 Å². The Morgan fingerprint density at radius 2 is 1.82 bits per heavy atom. The molecule has 2 aliphatic rings. The fourth-order valence-corrected chi connectivity index (χ4v) is 2.94. The molecule has 0 amide bonds. The second-order valence-corrected chi connectivity index (χ2v) is 7.16. The van der Waals surface area contributed by atoms with Crippen molar-refractivity contribution < 1.29 is 18.8 Å². The lowest BCUT2D eigenvalue weighted by Crippen LogP contribution is -2.41. The number of hydrogen-bond donors (Lipinski definition) is 0. The van der Waals surface area contributed by atoms with Crippen LogP contribution in [0.2, 0.25) is 0 Å². The maximum absolute atomic E-state index is 11.7. The predicted molar refractivity (Wildman–Crippen MR) is 85.2 cm³/mol. The molecular weight excluding hydrogens is 279 g/mol. The Morgan fingerprint density at radius 1 is 1.18 bits per heavy atom. The van der Waals surface area contributed by atoms with E-state index in [2.05, 4.69) is 6.07 Å². The van der Waals surface area contributed by atoms with Crippen LogP contribution in [0.25, 0.3) is 0 Å². The number of benzene rings is 1. The van der Waals surface area contributed by atoms with E-state index in [0.29, 0.717) is 6.61 Å². The monoisotopic (exact) mass is 302 g/mol. The first-order valence-electron chi connectivity index (χ1n) is 7.82. The lowest BCUT2D eigenvalue weighted by Gasteiger charge is -2.32. The molecule has 0 radical (unpaired) electrons. The van der Waals surface area contributed by atoms with Crippen LogP contribution in [0, 0.1) is 0 Å². The smallest absolute Gasteiger partial charge is 0.399 e. The third-order valence-corrected chi connectivity index (χ3v) is 5.00. The van der Waals surface area contributed by atoms with E-state index in [1.54, 1.807) is 6.92 Å². The van der Waals surface area contributed by atoms with Crippen molar-refractivity contribution in [3.8, 4) is 0 Å². The maximum atomic E-state index is 11.7. The van der Waals surface area contributed by atoms with Crippen LogP contribution < -0.4 is 5.46 Å². The molecule has 4 nitrogen and oxygen atoms in total. The Morgan fingerprint density at radius 3 is 2.41 bits per heavy atom. The van der Waals surface area contributed by atoms with Gasteiger partial charge in [-0.3, -0.25) is 4.79 Å². The summed E-state index contributed by atoms with van der Waals surface area (Å²) in [5, 5.41) is 0. The van der Waals surface area contributed by atoms with E-state index in [-0.39, 0.29) is 24.1 Å². The Balaban J connectivity index is 1.91. The summed E-state index contributed by atoms with van der Waals surface area (Å²) in [5.74, 6) is 0.0457. The van der Waals surface area contributed by atoms with Gasteiger partial charge in [-0.2, -0.15) is 0 Å². The number of fused-ring (bicyclic) bond motifs is 1. The highest BCUT2D eigenvalue weighted by molar-refractivity contribution is 6.62. The van der Waals surface area contributed by atoms with Gasteiger partial charge in [0.05, 0.1) is 17.8 Å². The van der Waals surface area contributed by atoms with Gasteiger partial charge in [0.2, 0.25) is 0 Å². The van der Waals surface area contributed by atoms with Crippen molar-refractivity contribution in [2.75, 3.05) is 6.61 Å². The van der Waals surface area contributed by atoms with Gasteiger partial charge < -0.3 is 14.0 Å². The van der Waals surface area contributed by atoms with Gasteiger partial charge >= 0.3 is 7.12 Å². The molecule has 0 N–H and O–H groups in total. The Hall–Kier alpha value is -1.17. The van der Waals surface area contributed by atoms with Crippen molar-refractivity contribution in [3.05, 3.63) is 29.3 Å². The lowest BCUT2D eigenvalue weighted by molar-refractivity contribution is -0.129. The van der Waals surface area contributed by atoms with Crippen molar-refractivity contribution in [3.63, 3.8) is 0 Å². The Bertz CT molecular complexity index is 593. The standard InChI is InChI=1S/C17H23BO4/c1-11(19)15-14-7-6-13(10-12(14)8-9-20-15)18-21-16(2,3)17(4,5)22-18/h6-7,10,15H,8-9H2,1-5H3.